The molecule has 0 unspecified atom stereocenters. The first-order valence-corrected chi connectivity index (χ1v) is 13.8. The van der Waals surface area contributed by atoms with E-state index in [4.69, 9.17) is 0 Å². The quantitative estimate of drug-likeness (QED) is 0.197. The van der Waals surface area contributed by atoms with Crippen LogP contribution in [-0.4, -0.2) is 20.4 Å². The fourth-order valence-corrected chi connectivity index (χ4v) is 5.50. The minimum Gasteiger partial charge on any atom is -0.508 e. The van der Waals surface area contributed by atoms with Crippen LogP contribution in [0.2, 0.25) is 0 Å². The van der Waals surface area contributed by atoms with Gasteiger partial charge in [0.2, 0.25) is 0 Å². The minimum absolute atomic E-state index is 0.0130. The van der Waals surface area contributed by atoms with Gasteiger partial charge in [-0.2, -0.15) is 0 Å². The van der Waals surface area contributed by atoms with E-state index in [1.165, 1.54) is 11.1 Å². The van der Waals surface area contributed by atoms with Gasteiger partial charge in [0.1, 0.15) is 23.0 Å². The van der Waals surface area contributed by atoms with Crippen LogP contribution in [0.1, 0.15) is 77.1 Å². The molecule has 40 heavy (non-hydrogen) atoms. The van der Waals surface area contributed by atoms with Gasteiger partial charge < -0.3 is 20.4 Å². The third-order valence-corrected chi connectivity index (χ3v) is 8.21. The summed E-state index contributed by atoms with van der Waals surface area (Å²) >= 11 is 0. The first kappa shape index (κ1) is 30.6. The van der Waals surface area contributed by atoms with Gasteiger partial charge in [0, 0.05) is 10.8 Å². The summed E-state index contributed by atoms with van der Waals surface area (Å²) in [6, 6.07) is 29.6. The summed E-state index contributed by atoms with van der Waals surface area (Å²) in [6.07, 6.45) is 1.00. The van der Waals surface area contributed by atoms with Gasteiger partial charge in [0.25, 0.3) is 0 Å². The van der Waals surface area contributed by atoms with Crippen molar-refractivity contribution in [2.45, 2.75) is 65.7 Å². The molecule has 4 heteroatoms. The smallest absolute Gasteiger partial charge is 0.115 e. The molecular weight excluding hydrogens is 496 g/mol. The molecule has 212 valence electrons. The Morgan fingerprint density at radius 2 is 0.700 bits per heavy atom. The van der Waals surface area contributed by atoms with Crippen LogP contribution in [-0.2, 0) is 10.8 Å². The lowest BCUT2D eigenvalue weighted by molar-refractivity contribution is 0.249. The molecule has 0 fully saturated rings. The lowest BCUT2D eigenvalue weighted by atomic mass is 9.60. The first-order valence-electron chi connectivity index (χ1n) is 13.8. The molecule has 4 aromatic rings. The van der Waals surface area contributed by atoms with E-state index in [2.05, 4.69) is 48.5 Å². The van der Waals surface area contributed by atoms with Crippen LogP contribution in [0.5, 0.6) is 23.0 Å². The summed E-state index contributed by atoms with van der Waals surface area (Å²) in [4.78, 5) is 0. The van der Waals surface area contributed by atoms with Gasteiger partial charge in [0.15, 0.2) is 0 Å². The number of rotatable bonds is 6. The van der Waals surface area contributed by atoms with Crippen molar-refractivity contribution >= 4 is 0 Å². The maximum Gasteiger partial charge on any atom is 0.115 e. The van der Waals surface area contributed by atoms with Crippen LogP contribution in [0.15, 0.2) is 97.1 Å². The van der Waals surface area contributed by atoms with Gasteiger partial charge in [-0.25, -0.2) is 0 Å². The Labute approximate surface area is 239 Å². The second-order valence-corrected chi connectivity index (χ2v) is 12.5. The van der Waals surface area contributed by atoms with Crippen LogP contribution < -0.4 is 0 Å². The largest absolute Gasteiger partial charge is 0.508 e. The topological polar surface area (TPSA) is 80.9 Å². The van der Waals surface area contributed by atoms with Crippen molar-refractivity contribution in [3.63, 3.8) is 0 Å². The van der Waals surface area contributed by atoms with Gasteiger partial charge in [-0.15, -0.1) is 0 Å². The van der Waals surface area contributed by atoms with E-state index in [0.717, 1.165) is 17.5 Å². The molecule has 4 rings (SSSR count). The zero-order chi connectivity index (χ0) is 29.7. The maximum atomic E-state index is 9.50. The lowest BCUT2D eigenvalue weighted by Gasteiger charge is -2.43. The second kappa shape index (κ2) is 12.1. The summed E-state index contributed by atoms with van der Waals surface area (Å²) in [7, 11) is 0. The van der Waals surface area contributed by atoms with Crippen molar-refractivity contribution in [3.05, 3.63) is 119 Å². The molecule has 4 aromatic carbocycles. The Bertz CT molecular complexity index is 1250. The lowest BCUT2D eigenvalue weighted by Crippen LogP contribution is -2.38. The van der Waals surface area contributed by atoms with Gasteiger partial charge in [-0.1, -0.05) is 97.0 Å². The van der Waals surface area contributed by atoms with E-state index in [1.54, 1.807) is 48.5 Å². The number of aromatic hydroxyl groups is 4. The summed E-state index contributed by atoms with van der Waals surface area (Å²) in [6.45, 7) is 15.4. The van der Waals surface area contributed by atoms with E-state index in [-0.39, 0.29) is 39.2 Å². The number of phenolic OH excluding ortho intramolecular Hbond substituents is 4. The van der Waals surface area contributed by atoms with Crippen molar-refractivity contribution in [2.24, 2.45) is 11.3 Å². The standard InChI is InChI=1S/2C18H22O2/c1-17(2,3)18(4,13-5-9-15(19)10-6-13)14-7-11-16(20)12-8-14;1-13(2)12-18(3,14-4-8-16(19)9-5-14)15-6-10-17(20)11-7-15/h5-12,19-20H,1-4H3;4-11,13,19-20H,12H2,1-3H3. The Morgan fingerprint density at radius 3 is 0.925 bits per heavy atom. The van der Waals surface area contributed by atoms with Crippen molar-refractivity contribution in [2.75, 3.05) is 0 Å². The summed E-state index contributed by atoms with van der Waals surface area (Å²) in [5.74, 6) is 1.66. The van der Waals surface area contributed by atoms with Gasteiger partial charge in [0.05, 0.1) is 0 Å². The molecule has 0 amide bonds. The second-order valence-electron chi connectivity index (χ2n) is 12.5. The molecule has 0 aliphatic carbocycles. The fourth-order valence-electron chi connectivity index (χ4n) is 5.50. The van der Waals surface area contributed by atoms with E-state index < -0.39 is 0 Å². The minimum atomic E-state index is -0.214. The van der Waals surface area contributed by atoms with Gasteiger partial charge in [-0.3, -0.25) is 0 Å². The summed E-state index contributed by atoms with van der Waals surface area (Å²) in [5.41, 5.74) is 4.29. The fraction of sp³-hybridized carbons (Fsp3) is 0.333. The van der Waals surface area contributed by atoms with E-state index in [0.29, 0.717) is 5.92 Å². The van der Waals surface area contributed by atoms with Crippen LogP contribution in [0, 0.1) is 11.3 Å². The molecular formula is C36H44O4. The van der Waals surface area contributed by atoms with E-state index in [9.17, 15) is 20.4 Å². The number of hydrogen-bond donors (Lipinski definition) is 4. The molecule has 0 saturated heterocycles. The normalized spacial score (nSPS) is 12.1. The molecule has 0 radical (unpaired) electrons. The van der Waals surface area contributed by atoms with E-state index in [1.807, 2.05) is 48.5 Å². The van der Waals surface area contributed by atoms with Crippen LogP contribution in [0.3, 0.4) is 0 Å². The van der Waals surface area contributed by atoms with Crippen molar-refractivity contribution in [1.29, 1.82) is 0 Å². The summed E-state index contributed by atoms with van der Waals surface area (Å²) < 4.78 is 0. The predicted octanol–water partition coefficient (Wildman–Crippen LogP) is 8.90. The monoisotopic (exact) mass is 540 g/mol. The van der Waals surface area contributed by atoms with Gasteiger partial charge >= 0.3 is 0 Å². The van der Waals surface area contributed by atoms with Gasteiger partial charge in [-0.05, 0) is 88.5 Å². The molecule has 0 spiro atoms. The molecule has 0 heterocycles. The molecule has 0 aromatic heterocycles. The highest BCUT2D eigenvalue weighted by Gasteiger charge is 2.40. The Morgan fingerprint density at radius 1 is 0.450 bits per heavy atom. The third-order valence-electron chi connectivity index (χ3n) is 8.21. The Balaban J connectivity index is 0.000000220. The highest BCUT2D eigenvalue weighted by molar-refractivity contribution is 5.44. The zero-order valence-electron chi connectivity index (χ0n) is 24.8. The molecule has 4 nitrogen and oxygen atoms in total. The number of hydrogen-bond acceptors (Lipinski definition) is 4. The molecule has 0 saturated carbocycles. The molecule has 4 N–H and O–H groups in total. The third kappa shape index (κ3) is 6.80. The predicted molar refractivity (Wildman–Crippen MR) is 164 cm³/mol. The Kier molecular flexibility index (Phi) is 9.25. The molecule has 0 atom stereocenters. The SMILES string of the molecule is CC(C)(C)C(C)(c1ccc(O)cc1)c1ccc(O)cc1.CC(C)CC(C)(c1ccc(O)cc1)c1ccc(O)cc1. The average Bonchev–Trinajstić information content (AvgIpc) is 2.89. The van der Waals surface area contributed by atoms with Crippen LogP contribution in [0.25, 0.3) is 0 Å². The van der Waals surface area contributed by atoms with E-state index >= 15 is 0 Å². The van der Waals surface area contributed by atoms with Crippen molar-refractivity contribution < 1.29 is 20.4 Å². The highest BCUT2D eigenvalue weighted by atomic mass is 16.3. The zero-order valence-corrected chi connectivity index (χ0v) is 24.8. The number of phenols is 4. The van der Waals surface area contributed by atoms with Crippen molar-refractivity contribution in [1.82, 2.24) is 0 Å². The summed E-state index contributed by atoms with van der Waals surface area (Å²) in [5, 5.41) is 38.0. The maximum absolute atomic E-state index is 9.50. The first-order chi connectivity index (χ1) is 18.7. The molecule has 0 bridgehead atoms. The molecule has 0 aliphatic heterocycles. The highest BCUT2D eigenvalue weighted by Crippen LogP contribution is 2.47. The number of benzene rings is 4. The van der Waals surface area contributed by atoms with Crippen LogP contribution >= 0.6 is 0 Å². The molecule has 0 aliphatic rings. The van der Waals surface area contributed by atoms with Crippen LogP contribution in [0.4, 0.5) is 0 Å². The van der Waals surface area contributed by atoms with Crippen molar-refractivity contribution in [3.8, 4) is 23.0 Å². The Hall–Kier alpha value is -3.92. The average molecular weight is 541 g/mol.